The molecule has 3 aromatic rings. The molecule has 0 saturated carbocycles. The van der Waals surface area contributed by atoms with Crippen LogP contribution in [0.2, 0.25) is 0 Å². The van der Waals surface area contributed by atoms with E-state index in [9.17, 15) is 21.9 Å². The normalized spacial score (nSPS) is 12.6. The molecule has 0 fully saturated rings. The molecule has 4 rings (SSSR count). The van der Waals surface area contributed by atoms with Crippen molar-refractivity contribution in [3.8, 4) is 16.9 Å². The molecule has 164 valence electrons. The van der Waals surface area contributed by atoms with E-state index in [1.54, 1.807) is 0 Å². The van der Waals surface area contributed by atoms with Gasteiger partial charge in [0, 0.05) is 17.0 Å². The summed E-state index contributed by atoms with van der Waals surface area (Å²) < 4.78 is 44.4. The number of amides is 1. The van der Waals surface area contributed by atoms with Gasteiger partial charge in [-0.3, -0.25) is 10.1 Å². The Morgan fingerprint density at radius 2 is 1.66 bits per heavy atom. The SMILES string of the molecule is Cc1c(NC(=O)OCC2c3ccccc3-c3ccccc32)cc(C=O)cc1OS(=O)(=O)F. The molecule has 3 aromatic carbocycles. The van der Waals surface area contributed by atoms with Crippen LogP contribution < -0.4 is 9.50 Å². The van der Waals surface area contributed by atoms with Gasteiger partial charge in [-0.2, -0.15) is 8.42 Å². The molecule has 32 heavy (non-hydrogen) atoms. The third-order valence-electron chi connectivity index (χ3n) is 5.29. The van der Waals surface area contributed by atoms with E-state index in [0.717, 1.165) is 28.3 Å². The van der Waals surface area contributed by atoms with Gasteiger partial charge < -0.3 is 8.92 Å². The van der Waals surface area contributed by atoms with E-state index in [2.05, 4.69) is 9.50 Å². The molecule has 0 spiro atoms. The van der Waals surface area contributed by atoms with E-state index in [1.807, 2.05) is 48.5 Å². The lowest BCUT2D eigenvalue weighted by Gasteiger charge is -2.16. The zero-order valence-electron chi connectivity index (χ0n) is 16.9. The fourth-order valence-electron chi connectivity index (χ4n) is 3.85. The molecule has 0 heterocycles. The third-order valence-corrected chi connectivity index (χ3v) is 5.67. The van der Waals surface area contributed by atoms with E-state index in [0.29, 0.717) is 6.29 Å². The Labute approximate surface area is 184 Å². The van der Waals surface area contributed by atoms with Crippen molar-refractivity contribution in [2.24, 2.45) is 0 Å². The van der Waals surface area contributed by atoms with Crippen LogP contribution in [0.3, 0.4) is 0 Å². The molecule has 0 atom stereocenters. The fourth-order valence-corrected chi connectivity index (χ4v) is 4.23. The number of fused-ring (bicyclic) bond motifs is 3. The van der Waals surface area contributed by atoms with Crippen LogP contribution in [0.25, 0.3) is 11.1 Å². The molecule has 1 aliphatic rings. The molecule has 1 aliphatic carbocycles. The van der Waals surface area contributed by atoms with Crippen LogP contribution in [0.1, 0.15) is 33.0 Å². The number of rotatable bonds is 6. The van der Waals surface area contributed by atoms with Crippen molar-refractivity contribution in [1.29, 1.82) is 0 Å². The average Bonchev–Trinajstić information content (AvgIpc) is 3.08. The minimum absolute atomic E-state index is 0.0109. The molecule has 0 aromatic heterocycles. The molecule has 0 unspecified atom stereocenters. The number of aldehydes is 1. The third kappa shape index (κ3) is 4.33. The van der Waals surface area contributed by atoms with Gasteiger partial charge in [-0.15, -0.1) is 0 Å². The van der Waals surface area contributed by atoms with Crippen molar-refractivity contribution in [2.45, 2.75) is 12.8 Å². The molecular formula is C23H18FNO6S. The van der Waals surface area contributed by atoms with Gasteiger partial charge in [0.15, 0.2) is 5.75 Å². The monoisotopic (exact) mass is 455 g/mol. The lowest BCUT2D eigenvalue weighted by Crippen LogP contribution is -2.18. The van der Waals surface area contributed by atoms with E-state index in [4.69, 9.17) is 4.74 Å². The maximum Gasteiger partial charge on any atom is 0.488 e. The van der Waals surface area contributed by atoms with E-state index in [1.165, 1.54) is 13.0 Å². The van der Waals surface area contributed by atoms with Crippen molar-refractivity contribution in [2.75, 3.05) is 11.9 Å². The minimum Gasteiger partial charge on any atom is -0.448 e. The molecule has 1 N–H and O–H groups in total. The maximum absolute atomic E-state index is 13.0. The van der Waals surface area contributed by atoms with Gasteiger partial charge in [0.2, 0.25) is 0 Å². The van der Waals surface area contributed by atoms with E-state index in [-0.39, 0.29) is 29.3 Å². The Hall–Kier alpha value is -3.72. The van der Waals surface area contributed by atoms with Crippen molar-refractivity contribution in [1.82, 2.24) is 0 Å². The molecule has 0 saturated heterocycles. The summed E-state index contributed by atoms with van der Waals surface area (Å²) in [6, 6.07) is 18.1. The number of hydrogen-bond donors (Lipinski definition) is 1. The second kappa shape index (κ2) is 8.43. The molecule has 0 aliphatic heterocycles. The van der Waals surface area contributed by atoms with Gasteiger partial charge >= 0.3 is 16.6 Å². The highest BCUT2D eigenvalue weighted by Crippen LogP contribution is 2.44. The number of carbonyl (C=O) groups is 2. The predicted molar refractivity (Wildman–Crippen MR) is 116 cm³/mol. The number of halogens is 1. The fraction of sp³-hybridized carbons (Fsp3) is 0.130. The van der Waals surface area contributed by atoms with Gasteiger partial charge in [-0.05, 0) is 41.3 Å². The Morgan fingerprint density at radius 3 is 2.22 bits per heavy atom. The minimum atomic E-state index is -5.31. The predicted octanol–water partition coefficient (Wildman–Crippen LogP) is 4.76. The highest BCUT2D eigenvalue weighted by atomic mass is 32.3. The van der Waals surface area contributed by atoms with E-state index >= 15 is 0 Å². The Kier molecular flexibility index (Phi) is 5.67. The first kappa shape index (κ1) is 21.5. The number of ether oxygens (including phenoxy) is 1. The van der Waals surface area contributed by atoms with Crippen molar-refractivity contribution < 1.29 is 30.8 Å². The van der Waals surface area contributed by atoms with Crippen LogP contribution in [0.4, 0.5) is 14.4 Å². The summed E-state index contributed by atoms with van der Waals surface area (Å²) in [4.78, 5) is 23.7. The van der Waals surface area contributed by atoms with Crippen molar-refractivity contribution in [3.63, 3.8) is 0 Å². The highest BCUT2D eigenvalue weighted by Gasteiger charge is 2.29. The van der Waals surface area contributed by atoms with Crippen molar-refractivity contribution in [3.05, 3.63) is 82.9 Å². The second-order valence-electron chi connectivity index (χ2n) is 7.24. The molecule has 9 heteroatoms. The maximum atomic E-state index is 13.0. The Bertz CT molecular complexity index is 1280. The number of anilines is 1. The van der Waals surface area contributed by atoms with Gasteiger partial charge in [-0.25, -0.2) is 4.79 Å². The molecule has 0 bridgehead atoms. The molecule has 0 radical (unpaired) electrons. The highest BCUT2D eigenvalue weighted by molar-refractivity contribution is 7.81. The first-order valence-corrected chi connectivity index (χ1v) is 10.9. The van der Waals surface area contributed by atoms with Crippen LogP contribution in [-0.4, -0.2) is 27.4 Å². The summed E-state index contributed by atoms with van der Waals surface area (Å²) >= 11 is 0. The molecular weight excluding hydrogens is 437 g/mol. The number of benzene rings is 3. The van der Waals surface area contributed by atoms with Crippen LogP contribution in [-0.2, 0) is 15.2 Å². The summed E-state index contributed by atoms with van der Waals surface area (Å²) in [5, 5.41) is 2.47. The van der Waals surface area contributed by atoms with Gasteiger partial charge in [-0.1, -0.05) is 52.4 Å². The van der Waals surface area contributed by atoms with E-state index < -0.39 is 22.3 Å². The summed E-state index contributed by atoms with van der Waals surface area (Å²) in [6.45, 7) is 1.47. The van der Waals surface area contributed by atoms with Crippen LogP contribution in [0, 0.1) is 6.92 Å². The van der Waals surface area contributed by atoms with Gasteiger partial charge in [0.1, 0.15) is 12.9 Å². The number of hydrogen-bond acceptors (Lipinski definition) is 6. The topological polar surface area (TPSA) is 98.8 Å². The lowest BCUT2D eigenvalue weighted by atomic mass is 9.98. The second-order valence-corrected chi connectivity index (χ2v) is 8.19. The zero-order valence-corrected chi connectivity index (χ0v) is 17.7. The van der Waals surface area contributed by atoms with Crippen molar-refractivity contribution >= 4 is 28.6 Å². The number of carbonyl (C=O) groups excluding carboxylic acids is 2. The average molecular weight is 455 g/mol. The summed E-state index contributed by atoms with van der Waals surface area (Å²) in [5.41, 5.74) is 4.43. The Balaban J connectivity index is 1.53. The summed E-state index contributed by atoms with van der Waals surface area (Å²) in [6.07, 6.45) is -0.396. The standard InChI is InChI=1S/C23H18FNO6S/c1-14-21(10-15(12-26)11-22(14)31-32(24,28)29)25-23(27)30-13-20-18-8-4-2-6-16(18)17-7-3-5-9-19(17)20/h2-12,20H,13H2,1H3,(H,25,27). The first-order chi connectivity index (χ1) is 15.3. The lowest BCUT2D eigenvalue weighted by molar-refractivity contribution is 0.112. The smallest absolute Gasteiger partial charge is 0.448 e. The van der Waals surface area contributed by atoms with Gasteiger partial charge in [0.25, 0.3) is 0 Å². The Morgan fingerprint density at radius 1 is 1.06 bits per heavy atom. The van der Waals surface area contributed by atoms with Gasteiger partial charge in [0.05, 0.1) is 5.69 Å². The van der Waals surface area contributed by atoms with Crippen LogP contribution in [0.5, 0.6) is 5.75 Å². The largest absolute Gasteiger partial charge is 0.488 e. The molecule has 7 nitrogen and oxygen atoms in total. The summed E-state index contributed by atoms with van der Waals surface area (Å²) in [7, 11) is -5.31. The van der Waals surface area contributed by atoms with Crippen LogP contribution in [0.15, 0.2) is 60.7 Å². The first-order valence-electron chi connectivity index (χ1n) is 9.62. The quantitative estimate of drug-likeness (QED) is 0.425. The zero-order chi connectivity index (χ0) is 22.9. The summed E-state index contributed by atoms with van der Waals surface area (Å²) in [5.74, 6) is -0.558. The number of nitrogens with one attached hydrogen (secondary N) is 1. The van der Waals surface area contributed by atoms with Crippen LogP contribution >= 0.6 is 0 Å². The molecule has 1 amide bonds.